The number of nitrogen functional groups attached to an aromatic ring is 1. The molecule has 15 nitrogen and oxygen atoms in total. The second-order valence-electron chi connectivity index (χ2n) is 8.26. The van der Waals surface area contributed by atoms with Gasteiger partial charge in [0.15, 0.2) is 22.7 Å². The van der Waals surface area contributed by atoms with Crippen LogP contribution in [0.15, 0.2) is 24.5 Å². The summed E-state index contributed by atoms with van der Waals surface area (Å²) >= 11 is 0. The molecule has 0 spiro atoms. The molecule has 0 amide bonds. The lowest BCUT2D eigenvalue weighted by Crippen LogP contribution is -2.36. The Hall–Kier alpha value is -3.65. The summed E-state index contributed by atoms with van der Waals surface area (Å²) in [6.45, 7) is 4.77. The van der Waals surface area contributed by atoms with Gasteiger partial charge < -0.3 is 33.9 Å². The molecule has 1 aromatic carbocycles. The van der Waals surface area contributed by atoms with Gasteiger partial charge in [-0.1, -0.05) is 6.07 Å². The Bertz CT molecular complexity index is 1330. The maximum atomic E-state index is 13.7. The highest BCUT2D eigenvalue weighted by Gasteiger charge is 2.34. The van der Waals surface area contributed by atoms with Gasteiger partial charge in [0.25, 0.3) is 0 Å². The molecule has 0 radical (unpaired) electrons. The minimum Gasteiger partial charge on any atom is -0.479 e. The highest BCUT2D eigenvalue weighted by atomic mass is 31.2. The van der Waals surface area contributed by atoms with E-state index in [9.17, 15) is 9.36 Å². The van der Waals surface area contributed by atoms with Crippen molar-refractivity contribution in [3.63, 3.8) is 0 Å². The molecule has 2 aromatic heterocycles. The zero-order chi connectivity index (χ0) is 27.3. The Morgan fingerprint density at radius 3 is 2.82 bits per heavy atom. The number of anilines is 1. The van der Waals surface area contributed by atoms with Crippen molar-refractivity contribution in [3.8, 4) is 23.1 Å². The number of rotatable bonds is 13. The normalized spacial score (nSPS) is 14.9. The molecule has 206 valence electrons. The quantitative estimate of drug-likeness (QED) is 0.179. The number of para-hydroxylation sites is 1. The number of nitrogens with two attached hydrogens (primary N) is 1. The zero-order valence-electron chi connectivity index (χ0n) is 21.3. The number of ether oxygens (including phenoxy) is 5. The first-order valence-electron chi connectivity index (χ1n) is 11.6. The van der Waals surface area contributed by atoms with Crippen molar-refractivity contribution >= 4 is 30.8 Å². The number of fused-ring (bicyclic) bond motifs is 2. The number of aromatic nitrogens is 4. The minimum absolute atomic E-state index is 0.00370. The van der Waals surface area contributed by atoms with Crippen molar-refractivity contribution in [3.05, 3.63) is 24.5 Å². The molecule has 0 saturated carbocycles. The molecule has 16 heteroatoms. The Morgan fingerprint density at radius 1 is 1.24 bits per heavy atom. The number of methoxy groups -OCH3 is 1. The molecule has 0 aliphatic carbocycles. The van der Waals surface area contributed by atoms with Gasteiger partial charge in [0, 0.05) is 0 Å². The van der Waals surface area contributed by atoms with Crippen molar-refractivity contribution < 1.29 is 42.1 Å². The molecule has 1 aliphatic heterocycles. The van der Waals surface area contributed by atoms with Crippen LogP contribution < -0.4 is 29.6 Å². The first kappa shape index (κ1) is 27.4. The molecule has 38 heavy (non-hydrogen) atoms. The topological polar surface area (TPSA) is 180 Å². The number of carbonyl (C=O) groups is 1. The van der Waals surface area contributed by atoms with E-state index in [2.05, 4.69) is 20.0 Å². The number of nitrogens with zero attached hydrogens (tertiary/aromatic N) is 4. The fourth-order valence-corrected chi connectivity index (χ4v) is 4.85. The third-order valence-corrected chi connectivity index (χ3v) is 6.66. The Balaban J connectivity index is 1.41. The van der Waals surface area contributed by atoms with Gasteiger partial charge >= 0.3 is 13.7 Å². The number of hydrogen-bond donors (Lipinski definition) is 2. The molecular formula is C22H29N6O9P. The third kappa shape index (κ3) is 6.42. The largest absolute Gasteiger partial charge is 0.479 e. The third-order valence-electron chi connectivity index (χ3n) is 5.00. The molecule has 1 unspecified atom stereocenters. The van der Waals surface area contributed by atoms with Gasteiger partial charge in [0.1, 0.15) is 12.8 Å². The standard InChI is InChI=1S/C22H29N6O9P/c1-13(2)36-21(29)14(3)27-38(30,37-16-7-5-6-15-18(16)34-12-33-15)35-9-8-32-11-28-10-24-17-19(28)25-22(23)26-20(17)31-4/h5-7,10,13-14H,8-9,11-12H2,1-4H3,(H,27,30)(H2,23,25,26)/t14-,38?/m1/s1. The van der Waals surface area contributed by atoms with Crippen molar-refractivity contribution in [2.45, 2.75) is 39.6 Å². The molecular weight excluding hydrogens is 523 g/mol. The van der Waals surface area contributed by atoms with Crippen molar-refractivity contribution in [1.82, 2.24) is 24.6 Å². The van der Waals surface area contributed by atoms with Gasteiger partial charge in [-0.05, 0) is 32.9 Å². The van der Waals surface area contributed by atoms with E-state index >= 15 is 0 Å². The number of benzene rings is 1. The smallest absolute Gasteiger partial charge is 0.459 e. The lowest BCUT2D eigenvalue weighted by molar-refractivity contribution is -0.149. The van der Waals surface area contributed by atoms with Crippen LogP contribution in [0, 0.1) is 0 Å². The SMILES string of the molecule is COc1nc(N)nc2c1ncn2COCCOP(=O)(N[C@H](C)C(=O)OC(C)C)Oc1cccc2c1OCO2. The monoisotopic (exact) mass is 552 g/mol. The van der Waals surface area contributed by atoms with Crippen molar-refractivity contribution in [2.24, 2.45) is 0 Å². The zero-order valence-corrected chi connectivity index (χ0v) is 22.2. The number of imidazole rings is 1. The number of nitrogens with one attached hydrogen (secondary N) is 1. The van der Waals surface area contributed by atoms with Gasteiger partial charge in [0.2, 0.25) is 24.4 Å². The molecule has 2 atom stereocenters. The van der Waals surface area contributed by atoms with E-state index in [1.54, 1.807) is 36.6 Å². The predicted octanol–water partition coefficient (Wildman–Crippen LogP) is 2.25. The fourth-order valence-electron chi connectivity index (χ4n) is 3.37. The highest BCUT2D eigenvalue weighted by molar-refractivity contribution is 7.52. The molecule has 3 aromatic rings. The maximum absolute atomic E-state index is 13.7. The summed E-state index contributed by atoms with van der Waals surface area (Å²) in [4.78, 5) is 24.7. The number of esters is 1. The fraction of sp³-hybridized carbons (Fsp3) is 0.455. The second-order valence-corrected chi connectivity index (χ2v) is 9.96. The van der Waals surface area contributed by atoms with Crippen LogP contribution in [0.5, 0.6) is 23.1 Å². The summed E-state index contributed by atoms with van der Waals surface area (Å²) in [7, 11) is -2.67. The van der Waals surface area contributed by atoms with Gasteiger partial charge in [-0.2, -0.15) is 15.1 Å². The second kappa shape index (κ2) is 11.8. The van der Waals surface area contributed by atoms with Gasteiger partial charge in [-0.3, -0.25) is 13.9 Å². The average molecular weight is 552 g/mol. The van der Waals surface area contributed by atoms with E-state index in [-0.39, 0.29) is 56.2 Å². The molecule has 3 N–H and O–H groups in total. The van der Waals surface area contributed by atoms with Crippen molar-refractivity contribution in [1.29, 1.82) is 0 Å². The lowest BCUT2D eigenvalue weighted by Gasteiger charge is -2.23. The summed E-state index contributed by atoms with van der Waals surface area (Å²) in [5, 5.41) is 2.61. The maximum Gasteiger partial charge on any atom is 0.459 e. The molecule has 4 rings (SSSR count). The highest BCUT2D eigenvalue weighted by Crippen LogP contribution is 2.50. The van der Waals surface area contributed by atoms with Crippen LogP contribution in [-0.2, 0) is 30.1 Å². The molecule has 0 saturated heterocycles. The van der Waals surface area contributed by atoms with E-state index < -0.39 is 19.8 Å². The summed E-state index contributed by atoms with van der Waals surface area (Å²) in [5.41, 5.74) is 6.58. The van der Waals surface area contributed by atoms with Crippen LogP contribution in [0.3, 0.4) is 0 Å². The number of hydrogen-bond acceptors (Lipinski definition) is 13. The first-order chi connectivity index (χ1) is 18.2. The number of carbonyl (C=O) groups excluding carboxylic acids is 1. The lowest BCUT2D eigenvalue weighted by atomic mass is 10.3. The van der Waals surface area contributed by atoms with Crippen LogP contribution in [0.1, 0.15) is 20.8 Å². The Morgan fingerprint density at radius 2 is 2.05 bits per heavy atom. The van der Waals surface area contributed by atoms with E-state index in [0.717, 1.165) is 0 Å². The molecule has 3 heterocycles. The Kier molecular flexibility index (Phi) is 8.52. The van der Waals surface area contributed by atoms with E-state index in [4.69, 9.17) is 38.5 Å². The van der Waals surface area contributed by atoms with Crippen LogP contribution in [-0.4, -0.2) is 64.8 Å². The summed E-state index contributed by atoms with van der Waals surface area (Å²) in [5.74, 6) is 0.470. The van der Waals surface area contributed by atoms with Crippen LogP contribution in [0.4, 0.5) is 5.95 Å². The summed E-state index contributed by atoms with van der Waals surface area (Å²) < 4.78 is 53.3. The van der Waals surface area contributed by atoms with Gasteiger partial charge in [-0.15, -0.1) is 0 Å². The first-order valence-corrected chi connectivity index (χ1v) is 13.1. The predicted molar refractivity (Wildman–Crippen MR) is 133 cm³/mol. The van der Waals surface area contributed by atoms with E-state index in [1.807, 2.05) is 0 Å². The van der Waals surface area contributed by atoms with Crippen LogP contribution in [0.25, 0.3) is 11.2 Å². The summed E-state index contributed by atoms with van der Waals surface area (Å²) in [6, 6.07) is 3.87. The van der Waals surface area contributed by atoms with E-state index in [1.165, 1.54) is 20.4 Å². The van der Waals surface area contributed by atoms with Gasteiger partial charge in [-0.25, -0.2) is 9.55 Å². The Labute approximate surface area is 218 Å². The molecule has 0 bridgehead atoms. The average Bonchev–Trinajstić information content (AvgIpc) is 3.50. The van der Waals surface area contributed by atoms with Crippen LogP contribution >= 0.6 is 7.75 Å². The van der Waals surface area contributed by atoms with Crippen LogP contribution in [0.2, 0.25) is 0 Å². The molecule has 1 aliphatic rings. The minimum atomic E-state index is -4.12. The van der Waals surface area contributed by atoms with Crippen molar-refractivity contribution in [2.75, 3.05) is 32.9 Å². The van der Waals surface area contributed by atoms with E-state index in [0.29, 0.717) is 16.9 Å². The summed E-state index contributed by atoms with van der Waals surface area (Å²) in [6.07, 6.45) is 1.14. The molecule has 0 fully saturated rings. The van der Waals surface area contributed by atoms with Gasteiger partial charge in [0.05, 0.1) is 32.8 Å².